The molecule has 0 atom stereocenters. The van der Waals surface area contributed by atoms with E-state index >= 15 is 0 Å². The number of rotatable bonds is 5. The second-order valence-electron chi connectivity index (χ2n) is 5.97. The second-order valence-corrected chi connectivity index (χ2v) is 7.76. The largest absolute Gasteiger partial charge is 0.307 e. The van der Waals surface area contributed by atoms with Gasteiger partial charge in [0.1, 0.15) is 11.6 Å². The second kappa shape index (κ2) is 7.28. The Bertz CT molecular complexity index is 938. The van der Waals surface area contributed by atoms with Crippen LogP contribution in [0.1, 0.15) is 31.0 Å². The molecule has 0 bridgehead atoms. The maximum atomic E-state index is 12.1. The molecular weight excluding hydrogens is 356 g/mol. The molecule has 6 nitrogen and oxygen atoms in total. The molecule has 130 valence electrons. The standard InChI is InChI=1S/C17H18N4O2S2/c1-10(2)12-4-6-13(7-5-12)15-19-20-16(25-15)18-14(22)8-21-11(3)9-24-17(21)23/h4-7,9-10H,8H2,1-3H3,(H,18,20,22). The number of hydrogen-bond donors (Lipinski definition) is 1. The predicted octanol–water partition coefficient (Wildman–Crippen LogP) is 3.50. The minimum absolute atomic E-state index is 0.0217. The van der Waals surface area contributed by atoms with Crippen LogP contribution >= 0.6 is 22.7 Å². The highest BCUT2D eigenvalue weighted by molar-refractivity contribution is 7.18. The molecule has 3 rings (SSSR count). The number of benzene rings is 1. The molecule has 25 heavy (non-hydrogen) atoms. The van der Waals surface area contributed by atoms with Gasteiger partial charge in [-0.15, -0.1) is 10.2 Å². The Balaban J connectivity index is 1.69. The average Bonchev–Trinajstić information content (AvgIpc) is 3.17. The molecule has 0 aliphatic rings. The Morgan fingerprint density at radius 1 is 1.24 bits per heavy atom. The zero-order valence-corrected chi connectivity index (χ0v) is 15.8. The molecule has 0 radical (unpaired) electrons. The maximum absolute atomic E-state index is 12.1. The van der Waals surface area contributed by atoms with Crippen LogP contribution in [0.2, 0.25) is 0 Å². The summed E-state index contributed by atoms with van der Waals surface area (Å²) in [6.07, 6.45) is 0. The van der Waals surface area contributed by atoms with Gasteiger partial charge >= 0.3 is 4.87 Å². The normalized spacial score (nSPS) is 11.0. The van der Waals surface area contributed by atoms with E-state index in [-0.39, 0.29) is 17.3 Å². The van der Waals surface area contributed by atoms with Crippen molar-refractivity contribution in [3.8, 4) is 10.6 Å². The predicted molar refractivity (Wildman–Crippen MR) is 101 cm³/mol. The Morgan fingerprint density at radius 2 is 1.96 bits per heavy atom. The molecule has 8 heteroatoms. The number of aromatic nitrogens is 3. The topological polar surface area (TPSA) is 76.9 Å². The third-order valence-electron chi connectivity index (χ3n) is 3.77. The lowest BCUT2D eigenvalue weighted by Crippen LogP contribution is -2.25. The number of amides is 1. The van der Waals surface area contributed by atoms with Gasteiger partial charge in [-0.3, -0.25) is 19.5 Å². The number of carbonyl (C=O) groups is 1. The first kappa shape index (κ1) is 17.5. The molecule has 0 fully saturated rings. The summed E-state index contributed by atoms with van der Waals surface area (Å²) in [6.45, 7) is 6.07. The molecule has 1 aromatic carbocycles. The van der Waals surface area contributed by atoms with Gasteiger partial charge in [-0.25, -0.2) is 0 Å². The minimum Gasteiger partial charge on any atom is -0.299 e. The number of aryl methyl sites for hydroxylation is 1. The summed E-state index contributed by atoms with van der Waals surface area (Å²) in [7, 11) is 0. The third kappa shape index (κ3) is 4.02. The summed E-state index contributed by atoms with van der Waals surface area (Å²) in [4.78, 5) is 23.6. The average molecular weight is 374 g/mol. The Kier molecular flexibility index (Phi) is 5.10. The fourth-order valence-electron chi connectivity index (χ4n) is 2.30. The molecule has 1 N–H and O–H groups in total. The first-order valence-corrected chi connectivity index (χ1v) is 9.52. The first-order valence-electron chi connectivity index (χ1n) is 7.82. The Labute approximate surface area is 153 Å². The zero-order valence-electron chi connectivity index (χ0n) is 14.1. The van der Waals surface area contributed by atoms with Crippen molar-refractivity contribution in [3.63, 3.8) is 0 Å². The lowest BCUT2D eigenvalue weighted by atomic mass is 10.0. The summed E-state index contributed by atoms with van der Waals surface area (Å²) in [6, 6.07) is 8.17. The van der Waals surface area contributed by atoms with Gasteiger partial charge in [-0.05, 0) is 18.4 Å². The van der Waals surface area contributed by atoms with Gasteiger partial charge in [0.15, 0.2) is 0 Å². The van der Waals surface area contributed by atoms with Gasteiger partial charge in [-0.2, -0.15) is 0 Å². The molecule has 0 aliphatic heterocycles. The molecule has 3 aromatic rings. The van der Waals surface area contributed by atoms with Crippen molar-refractivity contribution in [3.05, 3.63) is 50.6 Å². The van der Waals surface area contributed by atoms with Crippen molar-refractivity contribution in [2.75, 3.05) is 5.32 Å². The molecule has 2 aromatic heterocycles. The molecule has 2 heterocycles. The molecular formula is C17H18N4O2S2. The number of thiazole rings is 1. The van der Waals surface area contributed by atoms with Crippen LogP contribution in [-0.4, -0.2) is 20.7 Å². The molecule has 0 unspecified atom stereocenters. The van der Waals surface area contributed by atoms with E-state index in [9.17, 15) is 9.59 Å². The highest BCUT2D eigenvalue weighted by Gasteiger charge is 2.12. The molecule has 1 amide bonds. The van der Waals surface area contributed by atoms with E-state index in [1.165, 1.54) is 21.5 Å². The summed E-state index contributed by atoms with van der Waals surface area (Å²) < 4.78 is 1.44. The summed E-state index contributed by atoms with van der Waals surface area (Å²) in [5.74, 6) is 0.184. The Morgan fingerprint density at radius 3 is 2.56 bits per heavy atom. The van der Waals surface area contributed by atoms with Gasteiger partial charge in [-0.1, -0.05) is 60.8 Å². The van der Waals surface area contributed by atoms with Crippen LogP contribution in [0.3, 0.4) is 0 Å². The summed E-state index contributed by atoms with van der Waals surface area (Å²) in [5, 5.41) is 13.8. The van der Waals surface area contributed by atoms with Crippen LogP contribution in [0.4, 0.5) is 5.13 Å². The summed E-state index contributed by atoms with van der Waals surface area (Å²) >= 11 is 2.40. The number of carbonyl (C=O) groups excluding carboxylic acids is 1. The van der Waals surface area contributed by atoms with E-state index in [1.807, 2.05) is 12.1 Å². The van der Waals surface area contributed by atoms with E-state index in [1.54, 1.807) is 12.3 Å². The number of hydrogen-bond acceptors (Lipinski definition) is 6. The number of nitrogens with one attached hydrogen (secondary N) is 1. The van der Waals surface area contributed by atoms with E-state index in [4.69, 9.17) is 0 Å². The van der Waals surface area contributed by atoms with Crippen LogP contribution in [0.15, 0.2) is 34.4 Å². The fourth-order valence-corrected chi connectivity index (χ4v) is 3.80. The van der Waals surface area contributed by atoms with Crippen LogP contribution in [-0.2, 0) is 11.3 Å². The van der Waals surface area contributed by atoms with Crippen LogP contribution in [0.25, 0.3) is 10.6 Å². The Hall–Kier alpha value is -2.32. The van der Waals surface area contributed by atoms with E-state index in [0.29, 0.717) is 11.0 Å². The van der Waals surface area contributed by atoms with Gasteiger partial charge in [0.05, 0.1) is 0 Å². The summed E-state index contributed by atoms with van der Waals surface area (Å²) in [5.41, 5.74) is 3.00. The molecule has 0 spiro atoms. The van der Waals surface area contributed by atoms with Gasteiger partial charge in [0.25, 0.3) is 0 Å². The maximum Gasteiger partial charge on any atom is 0.307 e. The van der Waals surface area contributed by atoms with E-state index < -0.39 is 0 Å². The lowest BCUT2D eigenvalue weighted by Gasteiger charge is -2.05. The van der Waals surface area contributed by atoms with Crippen LogP contribution < -0.4 is 10.2 Å². The fraction of sp³-hybridized carbons (Fsp3) is 0.294. The molecule has 0 aliphatic carbocycles. The van der Waals surface area contributed by atoms with Crippen LogP contribution in [0.5, 0.6) is 0 Å². The van der Waals surface area contributed by atoms with Gasteiger partial charge in [0.2, 0.25) is 11.0 Å². The van der Waals surface area contributed by atoms with Crippen molar-refractivity contribution < 1.29 is 4.79 Å². The third-order valence-corrected chi connectivity index (χ3v) is 5.54. The van der Waals surface area contributed by atoms with Gasteiger partial charge in [0, 0.05) is 16.6 Å². The number of anilines is 1. The van der Waals surface area contributed by atoms with E-state index in [2.05, 4.69) is 41.5 Å². The zero-order chi connectivity index (χ0) is 18.0. The highest BCUT2D eigenvalue weighted by Crippen LogP contribution is 2.27. The molecule has 0 saturated carbocycles. The molecule has 0 saturated heterocycles. The van der Waals surface area contributed by atoms with Crippen molar-refractivity contribution in [2.45, 2.75) is 33.2 Å². The highest BCUT2D eigenvalue weighted by atomic mass is 32.1. The van der Waals surface area contributed by atoms with Crippen molar-refractivity contribution in [1.82, 2.24) is 14.8 Å². The lowest BCUT2D eigenvalue weighted by molar-refractivity contribution is -0.116. The monoisotopic (exact) mass is 374 g/mol. The first-order chi connectivity index (χ1) is 11.9. The van der Waals surface area contributed by atoms with Crippen molar-refractivity contribution >= 4 is 33.7 Å². The quantitative estimate of drug-likeness (QED) is 0.741. The minimum atomic E-state index is -0.290. The number of nitrogens with zero attached hydrogens (tertiary/aromatic N) is 3. The van der Waals surface area contributed by atoms with E-state index in [0.717, 1.165) is 27.6 Å². The van der Waals surface area contributed by atoms with Crippen LogP contribution in [0, 0.1) is 6.92 Å². The van der Waals surface area contributed by atoms with Crippen molar-refractivity contribution in [2.24, 2.45) is 0 Å². The van der Waals surface area contributed by atoms with Gasteiger partial charge < -0.3 is 0 Å². The smallest absolute Gasteiger partial charge is 0.299 e. The van der Waals surface area contributed by atoms with Crippen molar-refractivity contribution in [1.29, 1.82) is 0 Å². The SMILES string of the molecule is Cc1csc(=O)n1CC(=O)Nc1nnc(-c2ccc(C(C)C)cc2)s1.